The molecule has 0 aliphatic carbocycles. The van der Waals surface area contributed by atoms with Gasteiger partial charge in [-0.2, -0.15) is 0 Å². The molecule has 1 saturated heterocycles. The lowest BCUT2D eigenvalue weighted by atomic mass is 10.1. The number of methoxy groups -OCH3 is 1. The van der Waals surface area contributed by atoms with Gasteiger partial charge in [-0.1, -0.05) is 0 Å². The highest BCUT2D eigenvalue weighted by Gasteiger charge is 2.25. The summed E-state index contributed by atoms with van der Waals surface area (Å²) in [6, 6.07) is 3.76. The second-order valence-corrected chi connectivity index (χ2v) is 4.22. The second kappa shape index (κ2) is 5.79. The molecule has 5 nitrogen and oxygen atoms in total. The van der Waals surface area contributed by atoms with E-state index in [4.69, 9.17) is 4.74 Å². The van der Waals surface area contributed by atoms with Crippen molar-refractivity contribution in [3.63, 3.8) is 0 Å². The molecule has 1 aromatic carbocycles. The van der Waals surface area contributed by atoms with Crippen LogP contribution in [0.1, 0.15) is 10.4 Å². The smallest absolute Gasteiger partial charge is 0.295 e. The molecule has 0 saturated carbocycles. The summed E-state index contributed by atoms with van der Waals surface area (Å²) in [6.07, 6.45) is 0. The Morgan fingerprint density at radius 1 is 1.32 bits per heavy atom. The minimum absolute atomic E-state index is 0.0434. The van der Waals surface area contributed by atoms with Crippen LogP contribution in [0.4, 0.5) is 4.39 Å². The first-order chi connectivity index (χ1) is 9.13. The Bertz CT molecular complexity index is 499. The van der Waals surface area contributed by atoms with E-state index in [1.807, 2.05) is 0 Å². The third kappa shape index (κ3) is 2.90. The molecule has 19 heavy (non-hydrogen) atoms. The summed E-state index contributed by atoms with van der Waals surface area (Å²) in [7, 11) is 1.34. The first kappa shape index (κ1) is 13.5. The van der Waals surface area contributed by atoms with E-state index in [1.165, 1.54) is 24.1 Å². The van der Waals surface area contributed by atoms with Crippen molar-refractivity contribution in [1.29, 1.82) is 0 Å². The number of ether oxygens (including phenoxy) is 1. The summed E-state index contributed by atoms with van der Waals surface area (Å²) in [5.41, 5.74) is 0.0434. The SMILES string of the molecule is COc1ccc(C(=O)C(=O)N2CCNCC2)cc1F. The number of carbonyl (C=O) groups is 2. The maximum absolute atomic E-state index is 13.5. The van der Waals surface area contributed by atoms with Gasteiger partial charge in [-0.25, -0.2) is 4.39 Å². The number of amides is 1. The fraction of sp³-hybridized carbons (Fsp3) is 0.385. The van der Waals surface area contributed by atoms with Crippen molar-refractivity contribution in [2.75, 3.05) is 33.3 Å². The minimum atomic E-state index is -0.691. The monoisotopic (exact) mass is 266 g/mol. The molecule has 0 spiro atoms. The van der Waals surface area contributed by atoms with E-state index >= 15 is 0 Å². The molecule has 1 aliphatic rings. The molecule has 102 valence electrons. The van der Waals surface area contributed by atoms with Gasteiger partial charge >= 0.3 is 0 Å². The number of carbonyl (C=O) groups excluding carboxylic acids is 2. The molecule has 1 heterocycles. The van der Waals surface area contributed by atoms with E-state index in [0.29, 0.717) is 26.2 Å². The first-order valence-electron chi connectivity index (χ1n) is 6.01. The van der Waals surface area contributed by atoms with Crippen LogP contribution in [0.3, 0.4) is 0 Å². The average Bonchev–Trinajstić information content (AvgIpc) is 2.46. The van der Waals surface area contributed by atoms with Crippen molar-refractivity contribution >= 4 is 11.7 Å². The van der Waals surface area contributed by atoms with Gasteiger partial charge in [-0.05, 0) is 18.2 Å². The fourth-order valence-corrected chi connectivity index (χ4v) is 1.94. The number of nitrogens with zero attached hydrogens (tertiary/aromatic N) is 1. The Balaban J connectivity index is 2.14. The molecule has 0 radical (unpaired) electrons. The Morgan fingerprint density at radius 3 is 2.58 bits per heavy atom. The average molecular weight is 266 g/mol. The van der Waals surface area contributed by atoms with Gasteiger partial charge in [-0.15, -0.1) is 0 Å². The molecule has 1 amide bonds. The summed E-state index contributed by atoms with van der Waals surface area (Å²) in [5, 5.41) is 3.09. The highest BCUT2D eigenvalue weighted by molar-refractivity contribution is 6.42. The normalized spacial score (nSPS) is 15.2. The summed E-state index contributed by atoms with van der Waals surface area (Å²) < 4.78 is 18.3. The van der Waals surface area contributed by atoms with E-state index in [0.717, 1.165) is 6.07 Å². The van der Waals surface area contributed by atoms with Crippen LogP contribution in [0.2, 0.25) is 0 Å². The summed E-state index contributed by atoms with van der Waals surface area (Å²) in [5.74, 6) is -1.89. The second-order valence-electron chi connectivity index (χ2n) is 4.22. The Labute approximate surface area is 110 Å². The lowest BCUT2D eigenvalue weighted by molar-refractivity contribution is -0.126. The number of piperazine rings is 1. The fourth-order valence-electron chi connectivity index (χ4n) is 1.94. The zero-order valence-corrected chi connectivity index (χ0v) is 10.6. The maximum Gasteiger partial charge on any atom is 0.295 e. The molecule has 1 fully saturated rings. The number of ketones is 1. The molecule has 0 unspecified atom stereocenters. The van der Waals surface area contributed by atoms with Gasteiger partial charge in [0.05, 0.1) is 7.11 Å². The number of Topliss-reactive ketones (excluding diaryl/α,β-unsaturated/α-hetero) is 1. The largest absolute Gasteiger partial charge is 0.494 e. The van der Waals surface area contributed by atoms with E-state index in [2.05, 4.69) is 5.32 Å². The van der Waals surface area contributed by atoms with Crippen molar-refractivity contribution < 1.29 is 18.7 Å². The van der Waals surface area contributed by atoms with E-state index in [9.17, 15) is 14.0 Å². The van der Waals surface area contributed by atoms with Crippen LogP contribution in [0.15, 0.2) is 18.2 Å². The molecule has 6 heteroatoms. The van der Waals surface area contributed by atoms with E-state index < -0.39 is 17.5 Å². The van der Waals surface area contributed by atoms with Gasteiger partial charge < -0.3 is 15.0 Å². The molecule has 0 atom stereocenters. The topological polar surface area (TPSA) is 58.6 Å². The van der Waals surface area contributed by atoms with E-state index in [-0.39, 0.29) is 11.3 Å². The maximum atomic E-state index is 13.5. The number of benzene rings is 1. The predicted molar refractivity (Wildman–Crippen MR) is 66.7 cm³/mol. The van der Waals surface area contributed by atoms with Gasteiger partial charge in [0.25, 0.3) is 5.91 Å². The number of hydrogen-bond donors (Lipinski definition) is 1. The van der Waals surface area contributed by atoms with Crippen LogP contribution in [0.5, 0.6) is 5.75 Å². The lowest BCUT2D eigenvalue weighted by Gasteiger charge is -2.26. The van der Waals surface area contributed by atoms with Gasteiger partial charge in [0.2, 0.25) is 5.78 Å². The van der Waals surface area contributed by atoms with Gasteiger partial charge in [0, 0.05) is 31.7 Å². The molecule has 1 aromatic rings. The molecule has 0 bridgehead atoms. The number of rotatable bonds is 3. The van der Waals surface area contributed by atoms with Crippen molar-refractivity contribution in [2.45, 2.75) is 0 Å². The van der Waals surface area contributed by atoms with Crippen molar-refractivity contribution in [2.24, 2.45) is 0 Å². The highest BCUT2D eigenvalue weighted by atomic mass is 19.1. The number of halogens is 1. The van der Waals surface area contributed by atoms with Crippen LogP contribution < -0.4 is 10.1 Å². The number of hydrogen-bond acceptors (Lipinski definition) is 4. The summed E-state index contributed by atoms with van der Waals surface area (Å²) in [4.78, 5) is 25.4. The van der Waals surface area contributed by atoms with Crippen molar-refractivity contribution in [1.82, 2.24) is 10.2 Å². The molecular weight excluding hydrogens is 251 g/mol. The van der Waals surface area contributed by atoms with Gasteiger partial charge in [0.1, 0.15) is 0 Å². The zero-order chi connectivity index (χ0) is 13.8. The molecule has 1 N–H and O–H groups in total. The Kier molecular flexibility index (Phi) is 4.11. The molecule has 1 aliphatic heterocycles. The molecule has 0 aromatic heterocycles. The quantitative estimate of drug-likeness (QED) is 0.637. The molecular formula is C13H15FN2O3. The predicted octanol–water partition coefficient (Wildman–Crippen LogP) is 0.449. The van der Waals surface area contributed by atoms with E-state index in [1.54, 1.807) is 0 Å². The summed E-state index contributed by atoms with van der Waals surface area (Å²) >= 11 is 0. The highest BCUT2D eigenvalue weighted by Crippen LogP contribution is 2.18. The third-order valence-electron chi connectivity index (χ3n) is 3.01. The zero-order valence-electron chi connectivity index (χ0n) is 10.6. The lowest BCUT2D eigenvalue weighted by Crippen LogP contribution is -2.48. The van der Waals surface area contributed by atoms with Crippen LogP contribution in [0.25, 0.3) is 0 Å². The van der Waals surface area contributed by atoms with Crippen molar-refractivity contribution in [3.05, 3.63) is 29.6 Å². The third-order valence-corrected chi connectivity index (χ3v) is 3.01. The van der Waals surface area contributed by atoms with Crippen LogP contribution in [0, 0.1) is 5.82 Å². The Hall–Kier alpha value is -1.95. The standard InChI is InChI=1S/C13H15FN2O3/c1-19-11-3-2-9(8-10(11)14)12(17)13(18)16-6-4-15-5-7-16/h2-3,8,15H,4-7H2,1H3. The van der Waals surface area contributed by atoms with Crippen LogP contribution in [-0.4, -0.2) is 49.9 Å². The first-order valence-corrected chi connectivity index (χ1v) is 6.01. The van der Waals surface area contributed by atoms with Crippen LogP contribution >= 0.6 is 0 Å². The van der Waals surface area contributed by atoms with Crippen LogP contribution in [-0.2, 0) is 4.79 Å². The van der Waals surface area contributed by atoms with Gasteiger partial charge in [-0.3, -0.25) is 9.59 Å². The number of nitrogens with one attached hydrogen (secondary N) is 1. The Morgan fingerprint density at radius 2 is 2.00 bits per heavy atom. The minimum Gasteiger partial charge on any atom is -0.494 e. The van der Waals surface area contributed by atoms with Gasteiger partial charge in [0.15, 0.2) is 11.6 Å². The van der Waals surface area contributed by atoms with Crippen molar-refractivity contribution in [3.8, 4) is 5.75 Å². The summed E-state index contributed by atoms with van der Waals surface area (Å²) in [6.45, 7) is 2.30. The molecule has 2 rings (SSSR count).